The van der Waals surface area contributed by atoms with Crippen molar-refractivity contribution in [1.29, 1.82) is 5.26 Å². The molecule has 2 aromatic rings. The number of hydrogen-bond acceptors (Lipinski definition) is 7. The second-order valence-corrected chi connectivity index (χ2v) is 9.29. The van der Waals surface area contributed by atoms with Crippen LogP contribution >= 0.6 is 0 Å². The van der Waals surface area contributed by atoms with Crippen molar-refractivity contribution in [2.75, 3.05) is 36.0 Å². The van der Waals surface area contributed by atoms with Gasteiger partial charge in [-0.1, -0.05) is 6.07 Å². The van der Waals surface area contributed by atoms with Gasteiger partial charge in [-0.15, -0.1) is 0 Å². The van der Waals surface area contributed by atoms with Crippen LogP contribution < -0.4 is 15.2 Å². The van der Waals surface area contributed by atoms with E-state index >= 15 is 0 Å². The standard InChI is InChI=1S/C25H28N8O2/c1-16(2)33-17(3)28-29-23(33)21-5-4-6-22(27-21)32-12-11-31(25(32)35)20-9-7-19(8-10-20)24(34)30-14-18(13-26)15-30/h4-10,16-18,28H,11-12,14-15H2,1-3H3. The average molecular weight is 473 g/mol. The van der Waals surface area contributed by atoms with Gasteiger partial charge in [0.2, 0.25) is 0 Å². The number of likely N-dealkylation sites (tertiary alicyclic amines) is 1. The number of rotatable bonds is 5. The van der Waals surface area contributed by atoms with Crippen molar-refractivity contribution in [2.45, 2.75) is 33.0 Å². The van der Waals surface area contributed by atoms with E-state index in [0.29, 0.717) is 43.3 Å². The largest absolute Gasteiger partial charge is 0.336 e. The number of carbonyl (C=O) groups is 2. The molecule has 10 nitrogen and oxygen atoms in total. The van der Waals surface area contributed by atoms with E-state index in [1.54, 1.807) is 39.0 Å². The third kappa shape index (κ3) is 4.03. The Morgan fingerprint density at radius 1 is 1.11 bits per heavy atom. The van der Waals surface area contributed by atoms with E-state index in [0.717, 1.165) is 11.5 Å². The Bertz CT molecular complexity index is 1210. The fourth-order valence-corrected chi connectivity index (χ4v) is 4.72. The van der Waals surface area contributed by atoms with Crippen LogP contribution in [0, 0.1) is 17.2 Å². The monoisotopic (exact) mass is 472 g/mol. The minimum absolute atomic E-state index is 0.0723. The number of hydrogen-bond donors (Lipinski definition) is 1. The molecule has 3 aliphatic heterocycles. The highest BCUT2D eigenvalue weighted by atomic mass is 16.2. The highest BCUT2D eigenvalue weighted by molar-refractivity contribution is 6.06. The first-order valence-corrected chi connectivity index (χ1v) is 11.8. The first-order chi connectivity index (χ1) is 16.9. The quantitative estimate of drug-likeness (QED) is 0.716. The summed E-state index contributed by atoms with van der Waals surface area (Å²) in [7, 11) is 0. The molecule has 2 saturated heterocycles. The van der Waals surface area contributed by atoms with Gasteiger partial charge in [-0.2, -0.15) is 10.4 Å². The topological polar surface area (TPSA) is 108 Å². The summed E-state index contributed by atoms with van der Waals surface area (Å²) in [6, 6.07) is 15.0. The summed E-state index contributed by atoms with van der Waals surface area (Å²) in [5, 5.41) is 13.4. The van der Waals surface area contributed by atoms with Crippen molar-refractivity contribution >= 4 is 29.3 Å². The molecule has 4 heterocycles. The Hall–Kier alpha value is -4.13. The molecule has 0 radical (unpaired) electrons. The normalized spacial score (nSPS) is 20.1. The molecule has 10 heteroatoms. The number of anilines is 2. The number of amides is 3. The van der Waals surface area contributed by atoms with Crippen molar-refractivity contribution in [3.63, 3.8) is 0 Å². The van der Waals surface area contributed by atoms with Gasteiger partial charge in [0.1, 0.15) is 17.7 Å². The molecule has 1 N–H and O–H groups in total. The molecule has 1 atom stereocenters. The van der Waals surface area contributed by atoms with Gasteiger partial charge in [0, 0.05) is 43.5 Å². The zero-order valence-corrected chi connectivity index (χ0v) is 20.0. The molecule has 0 bridgehead atoms. The zero-order valence-electron chi connectivity index (χ0n) is 20.0. The molecule has 0 spiro atoms. The van der Waals surface area contributed by atoms with Gasteiger partial charge in [0.15, 0.2) is 5.84 Å². The van der Waals surface area contributed by atoms with E-state index in [2.05, 4.69) is 35.3 Å². The summed E-state index contributed by atoms with van der Waals surface area (Å²) in [6.07, 6.45) is 0.0723. The second-order valence-electron chi connectivity index (χ2n) is 9.29. The third-order valence-corrected chi connectivity index (χ3v) is 6.60. The third-order valence-electron chi connectivity index (χ3n) is 6.60. The number of carbonyl (C=O) groups excluding carboxylic acids is 2. The lowest BCUT2D eigenvalue weighted by molar-refractivity contribution is 0.0577. The fourth-order valence-electron chi connectivity index (χ4n) is 4.72. The zero-order chi connectivity index (χ0) is 24.7. The molecule has 5 rings (SSSR count). The van der Waals surface area contributed by atoms with Crippen LogP contribution in [0.25, 0.3) is 0 Å². The van der Waals surface area contributed by atoms with E-state index in [1.165, 1.54) is 0 Å². The number of nitrogens with one attached hydrogen (secondary N) is 1. The van der Waals surface area contributed by atoms with Crippen LogP contribution in [0.3, 0.4) is 0 Å². The number of urea groups is 1. The van der Waals surface area contributed by atoms with Crippen LogP contribution in [0.15, 0.2) is 47.6 Å². The molecule has 0 saturated carbocycles. The summed E-state index contributed by atoms with van der Waals surface area (Å²) < 4.78 is 0. The minimum Gasteiger partial charge on any atom is -0.336 e. The van der Waals surface area contributed by atoms with Crippen molar-refractivity contribution < 1.29 is 9.59 Å². The van der Waals surface area contributed by atoms with Gasteiger partial charge < -0.3 is 9.80 Å². The van der Waals surface area contributed by atoms with Crippen LogP contribution in [0.2, 0.25) is 0 Å². The van der Waals surface area contributed by atoms with Gasteiger partial charge >= 0.3 is 6.03 Å². The number of aromatic nitrogens is 1. The summed E-state index contributed by atoms with van der Waals surface area (Å²) in [6.45, 7) is 8.23. The molecule has 35 heavy (non-hydrogen) atoms. The smallest absolute Gasteiger partial charge is 0.330 e. The summed E-state index contributed by atoms with van der Waals surface area (Å²) in [5.41, 5.74) is 5.10. The Labute approximate surface area is 204 Å². The number of benzene rings is 1. The van der Waals surface area contributed by atoms with Crippen LogP contribution in [0.1, 0.15) is 36.8 Å². The molecular weight excluding hydrogens is 444 g/mol. The molecule has 1 aromatic carbocycles. The maximum atomic E-state index is 13.3. The predicted octanol–water partition coefficient (Wildman–Crippen LogP) is 2.44. The molecule has 3 amide bonds. The fraction of sp³-hybridized carbons (Fsp3) is 0.400. The number of nitrogens with zero attached hydrogens (tertiary/aromatic N) is 7. The average Bonchev–Trinajstić information content (AvgIpc) is 3.41. The number of hydrazone groups is 1. The Kier molecular flexibility index (Phi) is 5.76. The summed E-state index contributed by atoms with van der Waals surface area (Å²) in [4.78, 5) is 37.8. The molecule has 1 unspecified atom stereocenters. The molecule has 1 aromatic heterocycles. The van der Waals surface area contributed by atoms with Gasteiger partial charge in [-0.25, -0.2) is 9.78 Å². The Morgan fingerprint density at radius 3 is 2.51 bits per heavy atom. The van der Waals surface area contributed by atoms with E-state index in [-0.39, 0.29) is 30.1 Å². The Morgan fingerprint density at radius 2 is 1.83 bits per heavy atom. The molecule has 3 aliphatic rings. The summed E-state index contributed by atoms with van der Waals surface area (Å²) >= 11 is 0. The van der Waals surface area contributed by atoms with Crippen molar-refractivity contribution in [2.24, 2.45) is 11.0 Å². The number of nitriles is 1. The number of pyridine rings is 1. The molecule has 0 aliphatic carbocycles. The summed E-state index contributed by atoms with van der Waals surface area (Å²) in [5.74, 6) is 1.18. The lowest BCUT2D eigenvalue weighted by Gasteiger charge is -2.35. The lowest BCUT2D eigenvalue weighted by atomic mass is 10.0. The highest BCUT2D eigenvalue weighted by Gasteiger charge is 2.34. The predicted molar refractivity (Wildman–Crippen MR) is 132 cm³/mol. The van der Waals surface area contributed by atoms with Crippen LogP contribution in [-0.4, -0.2) is 70.9 Å². The van der Waals surface area contributed by atoms with Gasteiger partial charge in [-0.05, 0) is 57.2 Å². The first-order valence-electron chi connectivity index (χ1n) is 11.8. The number of amidine groups is 1. The SMILES string of the molecule is CC(C)N1C(c2cccc(N3CCN(c4ccc(C(=O)N5CC(C#N)C5)cc4)C3=O)n2)=NNC1C. The Balaban J connectivity index is 1.29. The van der Waals surface area contributed by atoms with Crippen LogP contribution in [-0.2, 0) is 0 Å². The molecular formula is C25H28N8O2. The minimum atomic E-state index is -0.158. The van der Waals surface area contributed by atoms with E-state index in [9.17, 15) is 9.59 Å². The van der Waals surface area contributed by atoms with E-state index in [4.69, 9.17) is 10.2 Å². The molecule has 180 valence electrons. The maximum Gasteiger partial charge on any atom is 0.330 e. The van der Waals surface area contributed by atoms with Crippen molar-refractivity contribution in [1.82, 2.24) is 20.2 Å². The first kappa shape index (κ1) is 22.7. The van der Waals surface area contributed by atoms with Gasteiger partial charge in [0.25, 0.3) is 5.91 Å². The van der Waals surface area contributed by atoms with Crippen LogP contribution in [0.4, 0.5) is 16.3 Å². The maximum absolute atomic E-state index is 13.3. The van der Waals surface area contributed by atoms with Gasteiger partial charge in [-0.3, -0.25) is 20.0 Å². The highest BCUT2D eigenvalue weighted by Crippen LogP contribution is 2.26. The second kappa shape index (κ2) is 8.91. The molecule has 2 fully saturated rings. The van der Waals surface area contributed by atoms with Crippen molar-refractivity contribution in [3.05, 3.63) is 53.7 Å². The van der Waals surface area contributed by atoms with Crippen molar-refractivity contribution in [3.8, 4) is 6.07 Å². The van der Waals surface area contributed by atoms with Crippen LogP contribution in [0.5, 0.6) is 0 Å². The van der Waals surface area contributed by atoms with Gasteiger partial charge in [0.05, 0.1) is 12.0 Å². The van der Waals surface area contributed by atoms with E-state index < -0.39 is 0 Å². The lowest BCUT2D eigenvalue weighted by Crippen LogP contribution is -2.49. The van der Waals surface area contributed by atoms with E-state index in [1.807, 2.05) is 25.1 Å².